The van der Waals surface area contributed by atoms with Crippen molar-refractivity contribution in [3.05, 3.63) is 11.9 Å². The van der Waals surface area contributed by atoms with Crippen molar-refractivity contribution in [2.24, 2.45) is 22.7 Å². The van der Waals surface area contributed by atoms with Gasteiger partial charge in [0.25, 0.3) is 0 Å². The molecule has 1 N–H and O–H groups in total. The number of anilines is 1. The van der Waals surface area contributed by atoms with Crippen LogP contribution >= 0.6 is 0 Å². The van der Waals surface area contributed by atoms with E-state index in [0.29, 0.717) is 22.8 Å². The molecule has 0 spiro atoms. The monoisotopic (exact) mass is 289 g/mol. The highest BCUT2D eigenvalue weighted by Gasteiger charge is 2.59. The number of hydrogen-bond acceptors (Lipinski definition) is 2. The largest absolute Gasteiger partial charge is 0.352 e. The first kappa shape index (κ1) is 14.9. The van der Waals surface area contributed by atoms with Crippen molar-refractivity contribution in [1.82, 2.24) is 9.55 Å². The molecule has 0 saturated heterocycles. The van der Waals surface area contributed by atoms with Gasteiger partial charge < -0.3 is 9.88 Å². The highest BCUT2D eigenvalue weighted by Crippen LogP contribution is 2.63. The maximum atomic E-state index is 4.76. The van der Waals surface area contributed by atoms with E-state index in [-0.39, 0.29) is 0 Å². The SMILES string of the molecule is Cc1cn(CC(C)C)c(NC2C3(C)CCC(C3)C2(C)C)n1. The van der Waals surface area contributed by atoms with Gasteiger partial charge in [0.15, 0.2) is 0 Å². The lowest BCUT2D eigenvalue weighted by atomic mass is 9.68. The smallest absolute Gasteiger partial charge is 0.203 e. The Balaban J connectivity index is 1.87. The molecular formula is C18H31N3. The molecule has 2 aliphatic carbocycles. The third kappa shape index (κ3) is 2.39. The second-order valence-corrected chi connectivity index (χ2v) is 8.74. The Bertz CT molecular complexity index is 524. The third-order valence-corrected chi connectivity index (χ3v) is 6.00. The molecule has 0 aliphatic heterocycles. The van der Waals surface area contributed by atoms with E-state index < -0.39 is 0 Å². The second-order valence-electron chi connectivity index (χ2n) is 8.74. The van der Waals surface area contributed by atoms with Crippen molar-refractivity contribution in [3.63, 3.8) is 0 Å². The number of nitrogens with one attached hydrogen (secondary N) is 1. The van der Waals surface area contributed by atoms with E-state index in [2.05, 4.69) is 57.6 Å². The van der Waals surface area contributed by atoms with Gasteiger partial charge in [0.05, 0.1) is 5.69 Å². The normalized spacial score (nSPS) is 33.9. The van der Waals surface area contributed by atoms with Crippen LogP contribution in [0.2, 0.25) is 0 Å². The Morgan fingerprint density at radius 2 is 2.10 bits per heavy atom. The first-order valence-corrected chi connectivity index (χ1v) is 8.53. The summed E-state index contributed by atoms with van der Waals surface area (Å²) in [5.74, 6) is 2.59. The van der Waals surface area contributed by atoms with Crippen LogP contribution in [0.15, 0.2) is 6.20 Å². The van der Waals surface area contributed by atoms with Crippen molar-refractivity contribution >= 4 is 5.95 Å². The quantitative estimate of drug-likeness (QED) is 0.886. The molecule has 1 aromatic heterocycles. The Hall–Kier alpha value is -0.990. The minimum absolute atomic E-state index is 0.371. The molecule has 2 fully saturated rings. The molecule has 2 saturated carbocycles. The zero-order valence-corrected chi connectivity index (χ0v) is 14.5. The molecule has 3 atom stereocenters. The van der Waals surface area contributed by atoms with Gasteiger partial charge in [-0.05, 0) is 48.9 Å². The lowest BCUT2D eigenvalue weighted by Crippen LogP contribution is -2.46. The lowest BCUT2D eigenvalue weighted by molar-refractivity contribution is 0.154. The van der Waals surface area contributed by atoms with Crippen molar-refractivity contribution in [1.29, 1.82) is 0 Å². The summed E-state index contributed by atoms with van der Waals surface area (Å²) in [6.45, 7) is 15.0. The van der Waals surface area contributed by atoms with Crippen LogP contribution in [-0.4, -0.2) is 15.6 Å². The van der Waals surface area contributed by atoms with Crippen LogP contribution < -0.4 is 5.32 Å². The summed E-state index contributed by atoms with van der Waals surface area (Å²) < 4.78 is 2.31. The number of aromatic nitrogens is 2. The number of hydrogen-bond donors (Lipinski definition) is 1. The summed E-state index contributed by atoms with van der Waals surface area (Å²) in [6, 6.07) is 0.538. The fourth-order valence-electron chi connectivity index (χ4n) is 4.99. The summed E-state index contributed by atoms with van der Waals surface area (Å²) in [7, 11) is 0. The minimum Gasteiger partial charge on any atom is -0.352 e. The van der Waals surface area contributed by atoms with Gasteiger partial charge in [0, 0.05) is 18.8 Å². The topological polar surface area (TPSA) is 29.9 Å². The highest BCUT2D eigenvalue weighted by molar-refractivity contribution is 5.34. The summed E-state index contributed by atoms with van der Waals surface area (Å²) in [5.41, 5.74) is 1.93. The van der Waals surface area contributed by atoms with Crippen molar-refractivity contribution in [3.8, 4) is 0 Å². The molecule has 3 nitrogen and oxygen atoms in total. The highest BCUT2D eigenvalue weighted by atomic mass is 15.2. The second kappa shape index (κ2) is 4.76. The number of imidazole rings is 1. The molecule has 1 heterocycles. The Morgan fingerprint density at radius 1 is 1.38 bits per heavy atom. The average molecular weight is 289 g/mol. The lowest BCUT2D eigenvalue weighted by Gasteiger charge is -2.43. The van der Waals surface area contributed by atoms with E-state index in [4.69, 9.17) is 4.98 Å². The van der Waals surface area contributed by atoms with E-state index in [0.717, 1.165) is 24.1 Å². The van der Waals surface area contributed by atoms with E-state index >= 15 is 0 Å². The fraction of sp³-hybridized carbons (Fsp3) is 0.833. The predicted octanol–water partition coefficient (Wildman–Crippen LogP) is 4.47. The molecule has 0 aromatic carbocycles. The summed E-state index contributed by atoms with van der Waals surface area (Å²) in [6.07, 6.45) is 6.33. The molecule has 0 radical (unpaired) electrons. The van der Waals surface area contributed by atoms with Gasteiger partial charge in [0.2, 0.25) is 5.95 Å². The molecule has 3 rings (SSSR count). The van der Waals surface area contributed by atoms with Gasteiger partial charge in [0.1, 0.15) is 0 Å². The van der Waals surface area contributed by atoms with Crippen molar-refractivity contribution in [2.75, 3.05) is 5.32 Å². The minimum atomic E-state index is 0.371. The van der Waals surface area contributed by atoms with Crippen LogP contribution in [0.3, 0.4) is 0 Å². The molecule has 21 heavy (non-hydrogen) atoms. The van der Waals surface area contributed by atoms with E-state index in [1.165, 1.54) is 19.3 Å². The van der Waals surface area contributed by atoms with Gasteiger partial charge in [-0.3, -0.25) is 0 Å². The Labute approximate surface area is 129 Å². The molecular weight excluding hydrogens is 258 g/mol. The van der Waals surface area contributed by atoms with Crippen molar-refractivity contribution < 1.29 is 0 Å². The summed E-state index contributed by atoms with van der Waals surface area (Å²) >= 11 is 0. The van der Waals surface area contributed by atoms with Crippen LogP contribution in [0.4, 0.5) is 5.95 Å². The van der Waals surface area contributed by atoms with Crippen LogP contribution in [0.25, 0.3) is 0 Å². The number of nitrogens with zero attached hydrogens (tertiary/aromatic N) is 2. The first-order valence-electron chi connectivity index (χ1n) is 8.53. The molecule has 0 amide bonds. The molecule has 2 bridgehead atoms. The number of fused-ring (bicyclic) bond motifs is 2. The Morgan fingerprint density at radius 3 is 2.67 bits per heavy atom. The third-order valence-electron chi connectivity index (χ3n) is 6.00. The molecule has 118 valence electrons. The molecule has 3 unspecified atom stereocenters. The molecule has 2 aliphatic rings. The van der Waals surface area contributed by atoms with Gasteiger partial charge in [-0.15, -0.1) is 0 Å². The average Bonchev–Trinajstić information content (AvgIpc) is 2.94. The molecule has 1 aromatic rings. The number of aryl methyl sites for hydroxylation is 1. The maximum Gasteiger partial charge on any atom is 0.203 e. The zero-order valence-electron chi connectivity index (χ0n) is 14.5. The van der Waals surface area contributed by atoms with E-state index in [1.54, 1.807) is 0 Å². The van der Waals surface area contributed by atoms with Crippen molar-refractivity contribution in [2.45, 2.75) is 73.4 Å². The number of rotatable bonds is 4. The fourth-order valence-corrected chi connectivity index (χ4v) is 4.99. The van der Waals surface area contributed by atoms with Crippen LogP contribution in [0, 0.1) is 29.6 Å². The van der Waals surface area contributed by atoms with E-state index in [1.807, 2.05) is 0 Å². The zero-order chi connectivity index (χ0) is 15.4. The van der Waals surface area contributed by atoms with Crippen LogP contribution in [0.5, 0.6) is 0 Å². The van der Waals surface area contributed by atoms with Crippen LogP contribution in [0.1, 0.15) is 59.6 Å². The summed E-state index contributed by atoms with van der Waals surface area (Å²) in [4.78, 5) is 4.76. The maximum absolute atomic E-state index is 4.76. The Kier molecular flexibility index (Phi) is 3.38. The van der Waals surface area contributed by atoms with E-state index in [9.17, 15) is 0 Å². The predicted molar refractivity (Wildman–Crippen MR) is 88.4 cm³/mol. The van der Waals surface area contributed by atoms with Gasteiger partial charge >= 0.3 is 0 Å². The van der Waals surface area contributed by atoms with Gasteiger partial charge in [-0.2, -0.15) is 0 Å². The van der Waals surface area contributed by atoms with Gasteiger partial charge in [-0.1, -0.05) is 34.6 Å². The standard InChI is InChI=1S/C18H31N3/c1-12(2)10-21-11-13(3)19-16(21)20-15-17(4,5)14-7-8-18(15,6)9-14/h11-12,14-15H,7-10H2,1-6H3,(H,19,20). The molecule has 3 heteroatoms. The summed E-state index contributed by atoms with van der Waals surface area (Å²) in [5, 5.41) is 3.85. The first-order chi connectivity index (χ1) is 9.72. The van der Waals surface area contributed by atoms with Crippen LogP contribution in [-0.2, 0) is 6.54 Å². The van der Waals surface area contributed by atoms with Gasteiger partial charge in [-0.25, -0.2) is 4.98 Å².